The molecule has 0 unspecified atom stereocenters. The largest absolute Gasteiger partial charge is 0.462 e. The third kappa shape index (κ3) is 4.86. The van der Waals surface area contributed by atoms with Gasteiger partial charge in [0.25, 0.3) is 0 Å². The van der Waals surface area contributed by atoms with E-state index in [-0.39, 0.29) is 42.4 Å². The average Bonchev–Trinajstić information content (AvgIpc) is 2.66. The Labute approximate surface area is 168 Å². The van der Waals surface area contributed by atoms with E-state index in [0.29, 0.717) is 18.3 Å². The normalized spacial score (nSPS) is 36.1. The van der Waals surface area contributed by atoms with Gasteiger partial charge in [-0.25, -0.2) is 0 Å². The second-order valence-corrected chi connectivity index (χ2v) is 8.76. The molecule has 28 heavy (non-hydrogen) atoms. The van der Waals surface area contributed by atoms with E-state index in [1.807, 2.05) is 13.8 Å². The minimum atomic E-state index is -0.593. The Morgan fingerprint density at radius 3 is 2.89 bits per heavy atom. The predicted molar refractivity (Wildman–Crippen MR) is 106 cm³/mol. The van der Waals surface area contributed by atoms with Crippen LogP contribution in [0.25, 0.3) is 0 Å². The molecule has 1 N–H and O–H groups in total. The van der Waals surface area contributed by atoms with Crippen LogP contribution in [0.5, 0.6) is 0 Å². The molecule has 0 aromatic rings. The van der Waals surface area contributed by atoms with Crippen molar-refractivity contribution in [3.05, 3.63) is 23.8 Å². The topological polar surface area (TPSA) is 72.8 Å². The molecule has 0 amide bonds. The van der Waals surface area contributed by atoms with Crippen molar-refractivity contribution < 1.29 is 24.2 Å². The molecule has 0 aromatic heterocycles. The lowest BCUT2D eigenvalue weighted by molar-refractivity contribution is -0.162. The highest BCUT2D eigenvalue weighted by Gasteiger charge is 2.40. The van der Waals surface area contributed by atoms with Crippen LogP contribution in [-0.4, -0.2) is 35.4 Å². The molecule has 3 rings (SSSR count). The number of aliphatic hydroxyl groups excluding tert-OH is 1. The van der Waals surface area contributed by atoms with E-state index in [4.69, 9.17) is 9.47 Å². The van der Waals surface area contributed by atoms with Gasteiger partial charge in [-0.15, -0.1) is 0 Å². The van der Waals surface area contributed by atoms with Gasteiger partial charge in [-0.3, -0.25) is 9.59 Å². The quantitative estimate of drug-likeness (QED) is 0.695. The number of rotatable bonds is 6. The van der Waals surface area contributed by atoms with E-state index in [0.717, 1.165) is 32.1 Å². The Balaban J connectivity index is 1.70. The first-order chi connectivity index (χ1) is 13.4. The van der Waals surface area contributed by atoms with Crippen LogP contribution in [0.4, 0.5) is 0 Å². The fourth-order valence-corrected chi connectivity index (χ4v) is 4.80. The number of fused-ring (bicyclic) bond motifs is 1. The second kappa shape index (κ2) is 9.25. The molecule has 156 valence electrons. The van der Waals surface area contributed by atoms with Gasteiger partial charge in [0.15, 0.2) is 0 Å². The third-order valence-electron chi connectivity index (χ3n) is 6.69. The second-order valence-electron chi connectivity index (χ2n) is 8.76. The molecular formula is C23H34O5. The zero-order valence-corrected chi connectivity index (χ0v) is 17.3. The van der Waals surface area contributed by atoms with Gasteiger partial charge in [0.1, 0.15) is 12.2 Å². The fraction of sp³-hybridized carbons (Fsp3) is 0.739. The molecule has 1 saturated heterocycles. The number of carbonyl (C=O) groups excluding carboxylic acids is 2. The lowest BCUT2D eigenvalue weighted by Crippen LogP contribution is -2.40. The summed E-state index contributed by atoms with van der Waals surface area (Å²) >= 11 is 0. The summed E-state index contributed by atoms with van der Waals surface area (Å²) < 4.78 is 11.4. The van der Waals surface area contributed by atoms with Gasteiger partial charge in [-0.05, 0) is 49.5 Å². The number of ether oxygens (including phenoxy) is 2. The van der Waals surface area contributed by atoms with Crippen LogP contribution >= 0.6 is 0 Å². The Hall–Kier alpha value is -1.62. The van der Waals surface area contributed by atoms with Crippen molar-refractivity contribution in [1.29, 1.82) is 0 Å². The molecule has 5 nitrogen and oxygen atoms in total. The number of hydrogen-bond donors (Lipinski definition) is 1. The molecule has 2 aliphatic carbocycles. The van der Waals surface area contributed by atoms with Gasteiger partial charge in [-0.2, -0.15) is 0 Å². The van der Waals surface area contributed by atoms with E-state index in [1.165, 1.54) is 5.57 Å². The number of aliphatic hydroxyl groups is 1. The molecule has 1 aliphatic heterocycles. The van der Waals surface area contributed by atoms with Crippen LogP contribution < -0.4 is 0 Å². The number of hydrogen-bond acceptors (Lipinski definition) is 5. The van der Waals surface area contributed by atoms with E-state index in [2.05, 4.69) is 25.2 Å². The van der Waals surface area contributed by atoms with Crippen molar-refractivity contribution in [2.75, 3.05) is 0 Å². The summed E-state index contributed by atoms with van der Waals surface area (Å²) in [5, 5.41) is 9.86. The van der Waals surface area contributed by atoms with Crippen molar-refractivity contribution >= 4 is 11.9 Å². The van der Waals surface area contributed by atoms with Crippen LogP contribution in [-0.2, 0) is 19.1 Å². The molecule has 5 heteroatoms. The van der Waals surface area contributed by atoms with Gasteiger partial charge in [0.05, 0.1) is 18.4 Å². The van der Waals surface area contributed by atoms with Crippen LogP contribution in [0.2, 0.25) is 0 Å². The Morgan fingerprint density at radius 2 is 2.18 bits per heavy atom. The molecule has 0 saturated carbocycles. The molecule has 3 aliphatic rings. The standard InChI is InChI=1S/C23H34O5/c1-4-14(2)23(26)28-20-7-5-6-16-9-8-15(3)19(22(16)20)11-10-18-12-17(24)13-21(25)27-18/h6,8-9,14-15,17-20,22,24H,4-5,7,10-13H2,1-3H3/t14-,15+,17-,18-,19-,20-,22-/m1/s1. The highest BCUT2D eigenvalue weighted by atomic mass is 16.5. The van der Waals surface area contributed by atoms with Crippen LogP contribution in [0.1, 0.15) is 65.7 Å². The highest BCUT2D eigenvalue weighted by molar-refractivity contribution is 5.72. The maximum absolute atomic E-state index is 12.4. The summed E-state index contributed by atoms with van der Waals surface area (Å²) in [6.45, 7) is 6.14. The molecule has 1 heterocycles. The van der Waals surface area contributed by atoms with Crippen molar-refractivity contribution in [2.24, 2.45) is 23.7 Å². The molecule has 0 spiro atoms. The monoisotopic (exact) mass is 390 g/mol. The summed E-state index contributed by atoms with van der Waals surface area (Å²) in [6.07, 6.45) is 10.6. The van der Waals surface area contributed by atoms with Gasteiger partial charge in [0, 0.05) is 12.3 Å². The van der Waals surface area contributed by atoms with Gasteiger partial charge in [-0.1, -0.05) is 39.0 Å². The van der Waals surface area contributed by atoms with Crippen molar-refractivity contribution in [2.45, 2.75) is 84.0 Å². The minimum Gasteiger partial charge on any atom is -0.462 e. The van der Waals surface area contributed by atoms with Crippen molar-refractivity contribution in [1.82, 2.24) is 0 Å². The summed E-state index contributed by atoms with van der Waals surface area (Å²) in [5.74, 6) is 0.426. The molecule has 0 bridgehead atoms. The summed E-state index contributed by atoms with van der Waals surface area (Å²) in [4.78, 5) is 24.1. The van der Waals surface area contributed by atoms with E-state index in [9.17, 15) is 14.7 Å². The van der Waals surface area contributed by atoms with Crippen LogP contribution in [0.3, 0.4) is 0 Å². The van der Waals surface area contributed by atoms with E-state index < -0.39 is 6.10 Å². The van der Waals surface area contributed by atoms with Gasteiger partial charge in [0.2, 0.25) is 0 Å². The molecule has 7 atom stereocenters. The first-order valence-electron chi connectivity index (χ1n) is 10.8. The summed E-state index contributed by atoms with van der Waals surface area (Å²) in [7, 11) is 0. The zero-order valence-electron chi connectivity index (χ0n) is 17.3. The van der Waals surface area contributed by atoms with E-state index in [1.54, 1.807) is 0 Å². The number of esters is 2. The lowest BCUT2D eigenvalue weighted by atomic mass is 9.66. The summed E-state index contributed by atoms with van der Waals surface area (Å²) in [6, 6.07) is 0. The smallest absolute Gasteiger partial charge is 0.308 e. The highest BCUT2D eigenvalue weighted by Crippen LogP contribution is 2.44. The minimum absolute atomic E-state index is 0.0764. The SMILES string of the molecule is CC[C@@H](C)C(=O)O[C@@H]1CCC=C2C=C[C@H](C)[C@@H](CC[C@@H]3C[C@@H](O)CC(=O)O3)[C@@H]21. The lowest BCUT2D eigenvalue weighted by Gasteiger charge is -2.42. The average molecular weight is 391 g/mol. The number of allylic oxidation sites excluding steroid dienone is 3. The maximum atomic E-state index is 12.4. The maximum Gasteiger partial charge on any atom is 0.308 e. The van der Waals surface area contributed by atoms with Crippen LogP contribution in [0, 0.1) is 23.7 Å². The third-order valence-corrected chi connectivity index (χ3v) is 6.69. The molecule has 1 fully saturated rings. The zero-order chi connectivity index (χ0) is 20.3. The molecule has 0 aromatic carbocycles. The Kier molecular flexibility index (Phi) is 6.97. The summed E-state index contributed by atoms with van der Waals surface area (Å²) in [5.41, 5.74) is 1.27. The molecule has 0 radical (unpaired) electrons. The van der Waals surface area contributed by atoms with Crippen molar-refractivity contribution in [3.8, 4) is 0 Å². The molecular weight excluding hydrogens is 356 g/mol. The van der Waals surface area contributed by atoms with Gasteiger partial charge < -0.3 is 14.6 Å². The van der Waals surface area contributed by atoms with Crippen LogP contribution in [0.15, 0.2) is 23.8 Å². The Morgan fingerprint density at radius 1 is 1.39 bits per heavy atom. The van der Waals surface area contributed by atoms with Gasteiger partial charge >= 0.3 is 11.9 Å². The van der Waals surface area contributed by atoms with Crippen molar-refractivity contribution in [3.63, 3.8) is 0 Å². The first-order valence-corrected chi connectivity index (χ1v) is 10.8. The number of carbonyl (C=O) groups is 2. The Bertz CT molecular complexity index is 637. The van der Waals surface area contributed by atoms with E-state index >= 15 is 0 Å². The fourth-order valence-electron chi connectivity index (χ4n) is 4.80. The predicted octanol–water partition coefficient (Wildman–Crippen LogP) is 3.95. The number of cyclic esters (lactones) is 1. The first kappa shape index (κ1) is 21.1.